The molecule has 0 saturated carbocycles. The van der Waals surface area contributed by atoms with E-state index >= 15 is 0 Å². The summed E-state index contributed by atoms with van der Waals surface area (Å²) in [6, 6.07) is 44.7. The smallest absolute Gasteiger partial charge is 0.348 e. The molecule has 9 aromatic rings. The zero-order chi connectivity index (χ0) is 70.8. The Morgan fingerprint density at radius 1 is 0.660 bits per heavy atom. The first kappa shape index (κ1) is 72.0. The molecule has 2 amide bonds. The Kier molecular flexibility index (Phi) is 21.3. The number of hydrogen-bond donors (Lipinski definition) is 2. The Bertz CT molecular complexity index is 4450. The van der Waals surface area contributed by atoms with Gasteiger partial charge in [-0.1, -0.05) is 133 Å². The molecule has 4 aromatic heterocycles. The number of aromatic nitrogens is 8. The van der Waals surface area contributed by atoms with E-state index in [9.17, 15) is 19.4 Å². The van der Waals surface area contributed by atoms with E-state index in [-0.39, 0.29) is 53.6 Å². The minimum atomic E-state index is -4.28. The molecule has 0 spiro atoms. The second-order valence-electron chi connectivity index (χ2n) is 26.8. The number of ether oxygens (including phenoxy) is 5. The highest BCUT2D eigenvalue weighted by Gasteiger charge is 2.60. The number of imidazole rings is 2. The highest BCUT2D eigenvalue weighted by atomic mass is 32.5. The van der Waals surface area contributed by atoms with Crippen molar-refractivity contribution in [2.45, 2.75) is 132 Å². The summed E-state index contributed by atoms with van der Waals surface area (Å²) in [6.45, 7) is 13.0. The van der Waals surface area contributed by atoms with Gasteiger partial charge < -0.3 is 61.0 Å². The molecule has 0 bridgehead atoms. The molecule has 12 rings (SSSR count). The number of carbonyl (C=O) groups is 2. The molecule has 524 valence electrons. The maximum absolute atomic E-state index is 14.3. The van der Waals surface area contributed by atoms with Crippen molar-refractivity contribution in [3.8, 4) is 17.6 Å². The van der Waals surface area contributed by atoms with Gasteiger partial charge in [-0.15, -0.1) is 0 Å². The van der Waals surface area contributed by atoms with Crippen LogP contribution in [0.25, 0.3) is 22.3 Å². The van der Waals surface area contributed by atoms with E-state index < -0.39 is 115 Å². The molecule has 3 fully saturated rings. The van der Waals surface area contributed by atoms with Crippen LogP contribution in [0.2, 0.25) is 29.7 Å². The molecule has 0 radical (unpaired) electrons. The number of benzene rings is 5. The van der Waals surface area contributed by atoms with E-state index in [0.717, 1.165) is 16.7 Å². The highest BCUT2D eigenvalue weighted by molar-refractivity contribution is 8.07. The van der Waals surface area contributed by atoms with Crippen LogP contribution in [0.3, 0.4) is 0 Å². The topological polar surface area (TPSA) is 297 Å². The molecule has 2 N–H and O–H groups in total. The van der Waals surface area contributed by atoms with Crippen LogP contribution >= 0.6 is 15.0 Å². The first-order chi connectivity index (χ1) is 47.9. The maximum atomic E-state index is 14.3. The average Bonchev–Trinajstić information content (AvgIpc) is 1.42. The fourth-order valence-corrected chi connectivity index (χ4v) is 19.7. The van der Waals surface area contributed by atoms with Gasteiger partial charge in [0.05, 0.1) is 59.2 Å². The van der Waals surface area contributed by atoms with Crippen molar-refractivity contribution in [3.63, 3.8) is 0 Å². The first-order valence-electron chi connectivity index (χ1n) is 32.4. The second kappa shape index (κ2) is 29.6. The predicted octanol–water partition coefficient (Wildman–Crippen LogP) is 13.0. The Labute approximate surface area is 586 Å². The Morgan fingerprint density at radius 3 is 1.66 bits per heavy atom. The maximum Gasteiger partial charge on any atom is 0.348 e. The molecule has 5 aromatic carbocycles. The van der Waals surface area contributed by atoms with Gasteiger partial charge >= 0.3 is 23.5 Å². The summed E-state index contributed by atoms with van der Waals surface area (Å²) in [7, 11) is -6.56. The van der Waals surface area contributed by atoms with Crippen LogP contribution in [0.15, 0.2) is 165 Å². The lowest BCUT2D eigenvalue weighted by Gasteiger charge is -2.42. The van der Waals surface area contributed by atoms with Gasteiger partial charge in [-0.25, -0.2) is 29.9 Å². The summed E-state index contributed by atoms with van der Waals surface area (Å²) in [4.78, 5) is 55.1. The zero-order valence-electron chi connectivity index (χ0n) is 57.0. The second-order valence-corrected chi connectivity index (χ2v) is 39.7. The third-order valence-electron chi connectivity index (χ3n) is 18.6. The predicted molar refractivity (Wildman–Crippen MR) is 380 cm³/mol. The van der Waals surface area contributed by atoms with Crippen LogP contribution < -0.4 is 20.1 Å². The SMILES string of the molecule is COc1ccc(C(OC[C@H]2O[C@@H](n3cnc4c(NC(=O)c5ccccc5)ncnc43)[C@H](OP(=S)(OCCC#N)OC[C@H]3O[C@@H](n4cnc5c(NC(=O)c6ccccc6)ncnc54)[C@@H]4O[Si](C)(C(C)(C)C)O[PH](=O)O[C@@H]43)[C@@H]2O[Si](C)(C)C(C)(C)C)(c2ccccc2)c2ccc(OC)cc2)cc1. The standard InChI is InChI=1S/C69H79N11O15P2SSi2/c1-67(2,3)99(9,10)93-56-51(38-86-69(46-26-19-14-20-27-46,47-28-32-49(84-7)33-29-47)48-30-34-50(85-8)35-31-48)89-65(79-42-75-53-59(71-40-73-61(53)79)77-63(81)44-22-15-12-16-23-44)57(56)92-97(98,87-37-21-36-70)88-39-52-55-58(94-100(11,68(4,5)6)95-96(83)91-55)66(90-52)80-43-76-54-60(72-41-74-62(54)80)78-64(82)45-24-17-13-18-25-45/h12-20,22-35,40-43,51-52,55-58,65-66,96H,21,37-39H2,1-11H3,(H,71,73,77,81)(H,72,74,78,82)/t51-,52-,55-,56-,57-,58-,65-,66-,97?,100?/m1/s1. The lowest BCUT2D eigenvalue weighted by atomic mass is 9.80. The van der Waals surface area contributed by atoms with Crippen molar-refractivity contribution in [1.29, 1.82) is 5.26 Å². The molecule has 26 nitrogen and oxygen atoms in total. The average molecular weight is 1450 g/mol. The molecule has 3 unspecified atom stereocenters. The summed E-state index contributed by atoms with van der Waals surface area (Å²) in [6.07, 6.45) is -3.68. The zero-order valence-corrected chi connectivity index (χ0v) is 61.8. The van der Waals surface area contributed by atoms with Crippen molar-refractivity contribution in [2.24, 2.45) is 0 Å². The number of methoxy groups -OCH3 is 2. The minimum Gasteiger partial charge on any atom is -0.497 e. The van der Waals surface area contributed by atoms with E-state index in [4.69, 9.17) is 76.6 Å². The number of fused-ring (bicyclic) bond motifs is 3. The van der Waals surface area contributed by atoms with Crippen LogP contribution in [0.4, 0.5) is 11.6 Å². The van der Waals surface area contributed by atoms with E-state index in [1.54, 1.807) is 71.9 Å². The van der Waals surface area contributed by atoms with Gasteiger partial charge in [0.1, 0.15) is 66.4 Å². The quantitative estimate of drug-likeness (QED) is 0.0246. The number of amides is 2. The van der Waals surface area contributed by atoms with Crippen LogP contribution in [-0.4, -0.2) is 138 Å². The van der Waals surface area contributed by atoms with Gasteiger partial charge in [-0.3, -0.25) is 27.8 Å². The Balaban J connectivity index is 0.961. The van der Waals surface area contributed by atoms with Gasteiger partial charge in [0.15, 0.2) is 54.7 Å². The largest absolute Gasteiger partial charge is 0.497 e. The molecule has 0 aliphatic carbocycles. The number of rotatable bonds is 24. The van der Waals surface area contributed by atoms with Crippen LogP contribution in [-0.2, 0) is 67.3 Å². The number of carbonyl (C=O) groups excluding carboxylic acids is 2. The summed E-state index contributed by atoms with van der Waals surface area (Å²) in [5.41, 5.74) is 2.66. The van der Waals surface area contributed by atoms with Gasteiger partial charge in [0.25, 0.3) is 11.8 Å². The normalized spacial score (nSPS) is 23.3. The summed E-state index contributed by atoms with van der Waals surface area (Å²) in [5, 5.41) is 14.8. The molecule has 11 atom stereocenters. The van der Waals surface area contributed by atoms with E-state index in [1.165, 1.54) is 25.3 Å². The van der Waals surface area contributed by atoms with Crippen LogP contribution in [0.1, 0.15) is 97.8 Å². The van der Waals surface area contributed by atoms with Crippen molar-refractivity contribution in [2.75, 3.05) is 44.7 Å². The molecule has 3 aliphatic rings. The van der Waals surface area contributed by atoms with Crippen molar-refractivity contribution in [3.05, 3.63) is 193 Å². The number of nitriles is 1. The lowest BCUT2D eigenvalue weighted by molar-refractivity contribution is -0.0930. The Morgan fingerprint density at radius 2 is 1.16 bits per heavy atom. The van der Waals surface area contributed by atoms with Gasteiger partial charge in [-0.05, 0) is 102 Å². The number of nitrogens with zero attached hydrogens (tertiary/aromatic N) is 9. The fraction of sp³-hybridized carbons (Fsp3) is 0.377. The molecule has 7 heterocycles. The number of hydrogen-bond acceptors (Lipinski definition) is 23. The van der Waals surface area contributed by atoms with Gasteiger partial charge in [0, 0.05) is 16.2 Å². The molecular formula is C69H79N11O15P2SSi2. The monoisotopic (exact) mass is 1450 g/mol. The first-order valence-corrected chi connectivity index (χ1v) is 41.4. The molecular weight excluding hydrogens is 1370 g/mol. The van der Waals surface area contributed by atoms with Crippen molar-refractivity contribution >= 4 is 89.4 Å². The molecule has 31 heteroatoms. The van der Waals surface area contributed by atoms with E-state index in [0.29, 0.717) is 22.6 Å². The fourth-order valence-electron chi connectivity index (χ4n) is 11.8. The molecule has 100 heavy (non-hydrogen) atoms. The number of nitrogens with one attached hydrogen (secondary N) is 2. The lowest BCUT2D eigenvalue weighted by Crippen LogP contribution is -2.51. The Hall–Kier alpha value is -7.86. The highest BCUT2D eigenvalue weighted by Crippen LogP contribution is 2.58. The summed E-state index contributed by atoms with van der Waals surface area (Å²) in [5.74, 6) is 0.660. The van der Waals surface area contributed by atoms with Crippen LogP contribution in [0.5, 0.6) is 11.5 Å². The van der Waals surface area contributed by atoms with Crippen LogP contribution in [0, 0.1) is 11.3 Å². The summed E-state index contributed by atoms with van der Waals surface area (Å²) < 4.78 is 99.5. The third kappa shape index (κ3) is 14.8. The third-order valence-corrected chi connectivity index (χ3v) is 31.6. The minimum absolute atomic E-state index is 0.115. The molecule has 3 saturated heterocycles. The van der Waals surface area contributed by atoms with E-state index in [1.807, 2.05) is 118 Å². The van der Waals surface area contributed by atoms with Gasteiger partial charge in [-0.2, -0.15) is 5.26 Å². The van der Waals surface area contributed by atoms with Gasteiger partial charge in [0.2, 0.25) is 0 Å². The summed E-state index contributed by atoms with van der Waals surface area (Å²) >= 11 is 6.60. The number of anilines is 2. The molecule has 3 aliphatic heterocycles. The van der Waals surface area contributed by atoms with Crippen molar-refractivity contribution in [1.82, 2.24) is 39.0 Å². The van der Waals surface area contributed by atoms with Crippen molar-refractivity contribution < 1.29 is 69.0 Å². The van der Waals surface area contributed by atoms with E-state index in [2.05, 4.69) is 70.5 Å².